The van der Waals surface area contributed by atoms with Crippen molar-refractivity contribution in [3.63, 3.8) is 0 Å². The third-order valence-electron chi connectivity index (χ3n) is 3.70. The van der Waals surface area contributed by atoms with Gasteiger partial charge in [0.25, 0.3) is 0 Å². The monoisotopic (exact) mass is 226 g/mol. The number of ether oxygens (including phenoxy) is 1. The minimum Gasteiger partial charge on any atom is -0.368 e. The van der Waals surface area contributed by atoms with E-state index in [2.05, 4.69) is 5.32 Å². The highest BCUT2D eigenvalue weighted by Crippen LogP contribution is 2.46. The van der Waals surface area contributed by atoms with Gasteiger partial charge in [-0.25, -0.2) is 0 Å². The third kappa shape index (κ3) is 1.74. The number of nitrogens with one attached hydrogen (secondary N) is 1. The van der Waals surface area contributed by atoms with Gasteiger partial charge < -0.3 is 10.5 Å². The first kappa shape index (κ1) is 11.9. The number of nitrogens with two attached hydrogens (primary N) is 1. The molecule has 2 aliphatic rings. The van der Waals surface area contributed by atoms with Gasteiger partial charge >= 0.3 is 0 Å². The van der Waals surface area contributed by atoms with Gasteiger partial charge in [0.2, 0.25) is 5.91 Å². The molecule has 16 heavy (non-hydrogen) atoms. The predicted octanol–water partition coefficient (Wildman–Crippen LogP) is 0.940. The molecule has 2 fully saturated rings. The second kappa shape index (κ2) is 3.20. The van der Waals surface area contributed by atoms with Crippen LogP contribution in [0.4, 0.5) is 0 Å². The summed E-state index contributed by atoms with van der Waals surface area (Å²) in [5, 5.41) is 3.41. The standard InChI is InChI=1S/C12H22N2O2/c1-10(2)7-12(9(13)15,11(3,4)16-10)14-8-5-6-8/h8,14H,5-7H2,1-4H3,(H2,13,15). The fourth-order valence-electron chi connectivity index (χ4n) is 2.92. The highest BCUT2D eigenvalue weighted by Gasteiger charge is 2.61. The minimum absolute atomic E-state index is 0.296. The van der Waals surface area contributed by atoms with Crippen LogP contribution in [0.3, 0.4) is 0 Å². The summed E-state index contributed by atoms with van der Waals surface area (Å²) in [5.41, 5.74) is 4.04. The Morgan fingerprint density at radius 1 is 1.31 bits per heavy atom. The zero-order chi connectivity index (χ0) is 12.2. The summed E-state index contributed by atoms with van der Waals surface area (Å²) >= 11 is 0. The van der Waals surface area contributed by atoms with Crippen molar-refractivity contribution in [3.8, 4) is 0 Å². The lowest BCUT2D eigenvalue weighted by molar-refractivity contribution is -0.133. The summed E-state index contributed by atoms with van der Waals surface area (Å²) < 4.78 is 5.98. The number of carbonyl (C=O) groups is 1. The Morgan fingerprint density at radius 2 is 1.88 bits per heavy atom. The molecule has 0 aromatic carbocycles. The zero-order valence-electron chi connectivity index (χ0n) is 10.6. The molecule has 1 aliphatic carbocycles. The van der Waals surface area contributed by atoms with Crippen molar-refractivity contribution in [2.24, 2.45) is 5.73 Å². The molecule has 1 unspecified atom stereocenters. The van der Waals surface area contributed by atoms with E-state index in [-0.39, 0.29) is 11.5 Å². The first-order valence-electron chi connectivity index (χ1n) is 5.96. The third-order valence-corrected chi connectivity index (χ3v) is 3.70. The summed E-state index contributed by atoms with van der Waals surface area (Å²) in [6.07, 6.45) is 2.90. The summed E-state index contributed by atoms with van der Waals surface area (Å²) in [6.45, 7) is 7.91. The molecule has 1 saturated carbocycles. The lowest BCUT2D eigenvalue weighted by Crippen LogP contribution is -2.65. The number of amides is 1. The van der Waals surface area contributed by atoms with Crippen molar-refractivity contribution in [3.05, 3.63) is 0 Å². The molecule has 0 bridgehead atoms. The van der Waals surface area contributed by atoms with Crippen LogP contribution in [0.15, 0.2) is 0 Å². The maximum atomic E-state index is 11.9. The Morgan fingerprint density at radius 3 is 2.19 bits per heavy atom. The lowest BCUT2D eigenvalue weighted by atomic mass is 9.78. The normalized spacial score (nSPS) is 36.2. The number of hydrogen-bond donors (Lipinski definition) is 2. The van der Waals surface area contributed by atoms with Gasteiger partial charge in [-0.1, -0.05) is 0 Å². The van der Waals surface area contributed by atoms with Crippen LogP contribution in [0, 0.1) is 0 Å². The average Bonchev–Trinajstić information content (AvgIpc) is 2.79. The lowest BCUT2D eigenvalue weighted by Gasteiger charge is -2.38. The second-order valence-corrected chi connectivity index (χ2v) is 6.24. The maximum absolute atomic E-state index is 11.9. The van der Waals surface area contributed by atoms with Gasteiger partial charge in [0.1, 0.15) is 5.54 Å². The molecule has 0 aromatic rings. The Kier molecular flexibility index (Phi) is 2.37. The fraction of sp³-hybridized carbons (Fsp3) is 0.917. The SMILES string of the molecule is CC1(C)CC(NC2CC2)(C(N)=O)C(C)(C)O1. The molecule has 1 heterocycles. The maximum Gasteiger partial charge on any atom is 0.240 e. The van der Waals surface area contributed by atoms with Gasteiger partial charge in [-0.2, -0.15) is 0 Å². The highest BCUT2D eigenvalue weighted by atomic mass is 16.5. The van der Waals surface area contributed by atoms with Crippen LogP contribution >= 0.6 is 0 Å². The average molecular weight is 226 g/mol. The molecule has 1 aliphatic heterocycles. The molecule has 4 nitrogen and oxygen atoms in total. The van der Waals surface area contributed by atoms with Gasteiger partial charge in [-0.15, -0.1) is 0 Å². The number of primary amides is 1. The predicted molar refractivity (Wildman–Crippen MR) is 61.9 cm³/mol. The van der Waals surface area contributed by atoms with E-state index in [4.69, 9.17) is 10.5 Å². The van der Waals surface area contributed by atoms with E-state index in [0.29, 0.717) is 12.5 Å². The van der Waals surface area contributed by atoms with Gasteiger partial charge in [-0.3, -0.25) is 10.1 Å². The molecular weight excluding hydrogens is 204 g/mol. The molecule has 1 amide bonds. The summed E-state index contributed by atoms with van der Waals surface area (Å²) in [7, 11) is 0. The molecule has 0 spiro atoms. The molecule has 1 atom stereocenters. The van der Waals surface area contributed by atoms with Crippen LogP contribution in [0.1, 0.15) is 47.0 Å². The molecule has 92 valence electrons. The number of carbonyl (C=O) groups excluding carboxylic acids is 1. The minimum atomic E-state index is -0.725. The molecule has 4 heteroatoms. The van der Waals surface area contributed by atoms with Crippen LogP contribution in [0.25, 0.3) is 0 Å². The van der Waals surface area contributed by atoms with Crippen molar-refractivity contribution in [1.82, 2.24) is 5.32 Å². The second-order valence-electron chi connectivity index (χ2n) is 6.24. The van der Waals surface area contributed by atoms with Crippen molar-refractivity contribution in [2.75, 3.05) is 0 Å². The number of rotatable bonds is 3. The molecule has 1 saturated heterocycles. The van der Waals surface area contributed by atoms with E-state index < -0.39 is 11.1 Å². The van der Waals surface area contributed by atoms with Crippen LogP contribution in [-0.4, -0.2) is 28.7 Å². The van der Waals surface area contributed by atoms with Crippen molar-refractivity contribution in [2.45, 2.75) is 69.7 Å². The van der Waals surface area contributed by atoms with E-state index >= 15 is 0 Å². The topological polar surface area (TPSA) is 64.3 Å². The van der Waals surface area contributed by atoms with Crippen molar-refractivity contribution >= 4 is 5.91 Å². The van der Waals surface area contributed by atoms with Gasteiger partial charge in [0, 0.05) is 12.5 Å². The molecule has 2 rings (SSSR count). The van der Waals surface area contributed by atoms with E-state index in [1.54, 1.807) is 0 Å². The summed E-state index contributed by atoms with van der Waals surface area (Å²) in [5.74, 6) is -0.296. The molecular formula is C12H22N2O2. The zero-order valence-corrected chi connectivity index (χ0v) is 10.6. The number of hydrogen-bond acceptors (Lipinski definition) is 3. The Labute approximate surface area is 96.9 Å². The largest absolute Gasteiger partial charge is 0.368 e. The first-order valence-corrected chi connectivity index (χ1v) is 5.96. The smallest absolute Gasteiger partial charge is 0.240 e. The van der Waals surface area contributed by atoms with Gasteiger partial charge in [-0.05, 0) is 40.5 Å². The van der Waals surface area contributed by atoms with Crippen LogP contribution in [0.2, 0.25) is 0 Å². The summed E-state index contributed by atoms with van der Waals surface area (Å²) in [6, 6.07) is 0.435. The van der Waals surface area contributed by atoms with Crippen LogP contribution in [-0.2, 0) is 9.53 Å². The van der Waals surface area contributed by atoms with E-state index in [1.807, 2.05) is 27.7 Å². The Bertz CT molecular complexity index is 321. The quantitative estimate of drug-likeness (QED) is 0.752. The van der Waals surface area contributed by atoms with Gasteiger partial charge in [0.15, 0.2) is 0 Å². The molecule has 3 N–H and O–H groups in total. The summed E-state index contributed by atoms with van der Waals surface area (Å²) in [4.78, 5) is 11.9. The Balaban J connectivity index is 2.33. The van der Waals surface area contributed by atoms with Crippen LogP contribution in [0.5, 0.6) is 0 Å². The fourth-order valence-corrected chi connectivity index (χ4v) is 2.92. The van der Waals surface area contributed by atoms with Crippen molar-refractivity contribution < 1.29 is 9.53 Å². The van der Waals surface area contributed by atoms with Crippen molar-refractivity contribution in [1.29, 1.82) is 0 Å². The molecule has 0 radical (unpaired) electrons. The highest BCUT2D eigenvalue weighted by molar-refractivity contribution is 5.87. The van der Waals surface area contributed by atoms with Gasteiger partial charge in [0.05, 0.1) is 11.2 Å². The van der Waals surface area contributed by atoms with Crippen LogP contribution < -0.4 is 11.1 Å². The van der Waals surface area contributed by atoms with E-state index in [9.17, 15) is 4.79 Å². The van der Waals surface area contributed by atoms with E-state index in [0.717, 1.165) is 12.8 Å². The Hall–Kier alpha value is -0.610. The molecule has 0 aromatic heterocycles. The van der Waals surface area contributed by atoms with E-state index in [1.165, 1.54) is 0 Å². The first-order chi connectivity index (χ1) is 7.19.